The fourth-order valence-corrected chi connectivity index (χ4v) is 1.37. The third kappa shape index (κ3) is 3.99. The monoisotopic (exact) mass is 244 g/mol. The molecule has 0 aliphatic rings. The van der Waals surface area contributed by atoms with E-state index in [0.29, 0.717) is 0 Å². The van der Waals surface area contributed by atoms with Crippen LogP contribution in [0.1, 0.15) is 18.5 Å². The van der Waals surface area contributed by atoms with Crippen molar-refractivity contribution >= 4 is 6.09 Å². The maximum atomic E-state index is 13.0. The minimum absolute atomic E-state index is 0.0156. The number of nitrogens with one attached hydrogen (secondary N) is 1. The van der Waals surface area contributed by atoms with Crippen LogP contribution in [0.5, 0.6) is 0 Å². The van der Waals surface area contributed by atoms with E-state index in [9.17, 15) is 13.6 Å². The Hall–Kier alpha value is -1.69. The van der Waals surface area contributed by atoms with Crippen LogP contribution in [0.25, 0.3) is 0 Å². The van der Waals surface area contributed by atoms with Crippen molar-refractivity contribution in [1.82, 2.24) is 5.32 Å². The largest absolute Gasteiger partial charge is 0.450 e. The molecule has 4 nitrogen and oxygen atoms in total. The number of amides is 1. The summed E-state index contributed by atoms with van der Waals surface area (Å²) >= 11 is 0. The van der Waals surface area contributed by atoms with Crippen molar-refractivity contribution < 1.29 is 18.3 Å². The van der Waals surface area contributed by atoms with E-state index in [-0.39, 0.29) is 18.7 Å². The highest BCUT2D eigenvalue weighted by Gasteiger charge is 2.15. The van der Waals surface area contributed by atoms with Crippen LogP contribution in [0.4, 0.5) is 13.6 Å². The zero-order valence-corrected chi connectivity index (χ0v) is 9.37. The van der Waals surface area contributed by atoms with Gasteiger partial charge >= 0.3 is 6.09 Å². The Bertz CT molecular complexity index is 379. The highest BCUT2D eigenvalue weighted by Crippen LogP contribution is 2.15. The van der Waals surface area contributed by atoms with E-state index in [0.717, 1.165) is 18.2 Å². The molecule has 0 aromatic heterocycles. The minimum Gasteiger partial charge on any atom is -0.450 e. The molecule has 0 heterocycles. The molecule has 1 atom stereocenters. The molecule has 0 fully saturated rings. The smallest absolute Gasteiger partial charge is 0.407 e. The Morgan fingerprint density at radius 1 is 1.41 bits per heavy atom. The molecule has 0 saturated carbocycles. The Kier molecular flexibility index (Phi) is 4.84. The summed E-state index contributed by atoms with van der Waals surface area (Å²) in [7, 11) is 0. The summed E-state index contributed by atoms with van der Waals surface area (Å²) in [5.41, 5.74) is 5.70. The maximum Gasteiger partial charge on any atom is 0.407 e. The van der Waals surface area contributed by atoms with Crippen LogP contribution >= 0.6 is 0 Å². The lowest BCUT2D eigenvalue weighted by Crippen LogP contribution is -2.33. The molecule has 6 heteroatoms. The van der Waals surface area contributed by atoms with Gasteiger partial charge < -0.3 is 15.8 Å². The molecule has 0 saturated heterocycles. The predicted octanol–water partition coefficient (Wildman–Crippen LogP) is 1.71. The van der Waals surface area contributed by atoms with E-state index in [4.69, 9.17) is 5.73 Å². The third-order valence-electron chi connectivity index (χ3n) is 2.09. The first kappa shape index (κ1) is 13.4. The molecular formula is C11H14F2N2O2. The van der Waals surface area contributed by atoms with E-state index in [1.807, 2.05) is 0 Å². The molecule has 1 unspecified atom stereocenters. The molecule has 0 bridgehead atoms. The van der Waals surface area contributed by atoms with Crippen LogP contribution in [-0.4, -0.2) is 19.2 Å². The molecule has 3 N–H and O–H groups in total. The van der Waals surface area contributed by atoms with Gasteiger partial charge in [-0.1, -0.05) is 0 Å². The number of alkyl carbamates (subject to hydrolysis) is 1. The second-order valence-electron chi connectivity index (χ2n) is 3.36. The lowest BCUT2D eigenvalue weighted by Gasteiger charge is -2.17. The number of benzene rings is 1. The summed E-state index contributed by atoms with van der Waals surface area (Å²) in [4.78, 5) is 11.2. The first-order chi connectivity index (χ1) is 8.06. The van der Waals surface area contributed by atoms with Crippen LogP contribution in [0, 0.1) is 11.6 Å². The van der Waals surface area contributed by atoms with Gasteiger partial charge in [-0.15, -0.1) is 0 Å². The van der Waals surface area contributed by atoms with Gasteiger partial charge in [0.2, 0.25) is 0 Å². The van der Waals surface area contributed by atoms with Crippen molar-refractivity contribution in [2.75, 3.05) is 13.2 Å². The van der Waals surface area contributed by atoms with E-state index in [2.05, 4.69) is 10.1 Å². The summed E-state index contributed by atoms with van der Waals surface area (Å²) in [5.74, 6) is -1.44. The van der Waals surface area contributed by atoms with Crippen molar-refractivity contribution in [2.24, 2.45) is 5.73 Å². The number of rotatable bonds is 4. The quantitative estimate of drug-likeness (QED) is 0.847. The molecule has 0 radical (unpaired) electrons. The second kappa shape index (κ2) is 6.15. The van der Waals surface area contributed by atoms with Gasteiger partial charge in [-0.2, -0.15) is 0 Å². The summed E-state index contributed by atoms with van der Waals surface area (Å²) in [6.45, 7) is 1.88. The average molecular weight is 244 g/mol. The Labute approximate surface area is 97.8 Å². The molecule has 0 spiro atoms. The fraction of sp³-hybridized carbons (Fsp3) is 0.364. The van der Waals surface area contributed by atoms with Gasteiger partial charge in [0.05, 0.1) is 12.6 Å². The van der Waals surface area contributed by atoms with Crippen molar-refractivity contribution in [2.45, 2.75) is 13.0 Å². The third-order valence-corrected chi connectivity index (χ3v) is 2.09. The van der Waals surface area contributed by atoms with E-state index in [1.54, 1.807) is 6.92 Å². The highest BCUT2D eigenvalue weighted by atomic mass is 19.1. The van der Waals surface area contributed by atoms with Gasteiger partial charge in [0.1, 0.15) is 11.6 Å². The highest BCUT2D eigenvalue weighted by molar-refractivity contribution is 5.67. The molecule has 94 valence electrons. The van der Waals surface area contributed by atoms with Gasteiger partial charge in [0.15, 0.2) is 0 Å². The van der Waals surface area contributed by atoms with Crippen LogP contribution in [0.2, 0.25) is 0 Å². The van der Waals surface area contributed by atoms with Gasteiger partial charge in [-0.25, -0.2) is 13.6 Å². The number of carbonyl (C=O) groups is 1. The summed E-state index contributed by atoms with van der Waals surface area (Å²) < 4.78 is 30.6. The van der Waals surface area contributed by atoms with E-state index < -0.39 is 23.8 Å². The van der Waals surface area contributed by atoms with Crippen molar-refractivity contribution in [3.63, 3.8) is 0 Å². The van der Waals surface area contributed by atoms with E-state index in [1.165, 1.54) is 0 Å². The summed E-state index contributed by atoms with van der Waals surface area (Å²) in [5, 5.41) is 2.42. The lowest BCUT2D eigenvalue weighted by molar-refractivity contribution is 0.148. The molecule has 0 aliphatic heterocycles. The van der Waals surface area contributed by atoms with Crippen molar-refractivity contribution in [1.29, 1.82) is 0 Å². The van der Waals surface area contributed by atoms with Crippen molar-refractivity contribution in [3.8, 4) is 0 Å². The molecule has 1 aromatic rings. The zero-order chi connectivity index (χ0) is 12.8. The predicted molar refractivity (Wildman–Crippen MR) is 58.3 cm³/mol. The first-order valence-corrected chi connectivity index (χ1v) is 5.16. The molecule has 17 heavy (non-hydrogen) atoms. The molecule has 1 rings (SSSR count). The second-order valence-corrected chi connectivity index (χ2v) is 3.36. The molecule has 1 amide bonds. The number of carbonyl (C=O) groups excluding carboxylic acids is 1. The van der Waals surface area contributed by atoms with Gasteiger partial charge in [0, 0.05) is 12.6 Å². The van der Waals surface area contributed by atoms with Crippen LogP contribution < -0.4 is 11.1 Å². The van der Waals surface area contributed by atoms with Crippen LogP contribution in [0.3, 0.4) is 0 Å². The number of halogens is 2. The van der Waals surface area contributed by atoms with Gasteiger partial charge in [-0.05, 0) is 24.6 Å². The Morgan fingerprint density at radius 3 is 2.47 bits per heavy atom. The molecular weight excluding hydrogens is 230 g/mol. The number of ether oxygens (including phenoxy) is 1. The Morgan fingerprint density at radius 2 is 2.00 bits per heavy atom. The standard InChI is InChI=1S/C11H14F2N2O2/c1-2-17-11(16)15-10(6-14)7-3-8(12)5-9(13)4-7/h3-5,10H,2,6,14H2,1H3,(H,15,16). The summed E-state index contributed by atoms with van der Waals surface area (Å²) in [6, 6.07) is 2.31. The normalized spacial score (nSPS) is 12.0. The topological polar surface area (TPSA) is 64.3 Å². The average Bonchev–Trinajstić information content (AvgIpc) is 2.24. The zero-order valence-electron chi connectivity index (χ0n) is 9.37. The van der Waals surface area contributed by atoms with Gasteiger partial charge in [-0.3, -0.25) is 0 Å². The Balaban J connectivity index is 2.82. The number of hydrogen-bond acceptors (Lipinski definition) is 3. The van der Waals surface area contributed by atoms with Crippen LogP contribution in [0.15, 0.2) is 18.2 Å². The van der Waals surface area contributed by atoms with Crippen LogP contribution in [-0.2, 0) is 4.74 Å². The lowest BCUT2D eigenvalue weighted by atomic mass is 10.1. The summed E-state index contributed by atoms with van der Waals surface area (Å²) in [6.07, 6.45) is -0.674. The first-order valence-electron chi connectivity index (χ1n) is 5.16. The minimum atomic E-state index is -0.718. The molecule has 1 aromatic carbocycles. The van der Waals surface area contributed by atoms with Crippen molar-refractivity contribution in [3.05, 3.63) is 35.4 Å². The molecule has 0 aliphatic carbocycles. The number of nitrogens with two attached hydrogens (primary N) is 1. The number of hydrogen-bond donors (Lipinski definition) is 2. The SMILES string of the molecule is CCOC(=O)NC(CN)c1cc(F)cc(F)c1. The maximum absolute atomic E-state index is 13.0. The van der Waals surface area contributed by atoms with Gasteiger partial charge in [0.25, 0.3) is 0 Å². The fourth-order valence-electron chi connectivity index (χ4n) is 1.37. The van der Waals surface area contributed by atoms with E-state index >= 15 is 0 Å².